The minimum Gasteiger partial charge on any atom is -0.328 e. The molecule has 0 spiro atoms. The van der Waals surface area contributed by atoms with Gasteiger partial charge >= 0.3 is 6.18 Å². The summed E-state index contributed by atoms with van der Waals surface area (Å²) in [5, 5.41) is 0. The molecule has 0 aliphatic heterocycles. The summed E-state index contributed by atoms with van der Waals surface area (Å²) in [5.74, 6) is 0.312. The Bertz CT molecular complexity index is 341. The molecule has 1 aromatic carbocycles. The minimum absolute atomic E-state index is 0.0577. The second kappa shape index (κ2) is 5.54. The van der Waals surface area contributed by atoms with Crippen LogP contribution in [0.3, 0.4) is 0 Å². The van der Waals surface area contributed by atoms with Gasteiger partial charge in [0.05, 0.1) is 5.56 Å². The zero-order valence-corrected chi connectivity index (χ0v) is 10.1. The van der Waals surface area contributed by atoms with Gasteiger partial charge in [-0.1, -0.05) is 25.5 Å². The first kappa shape index (κ1) is 14.0. The lowest BCUT2D eigenvalue weighted by Crippen LogP contribution is -2.27. The fourth-order valence-corrected chi connectivity index (χ4v) is 1.83. The number of halogens is 3. The van der Waals surface area contributed by atoms with Crippen molar-refractivity contribution in [1.29, 1.82) is 0 Å². The van der Waals surface area contributed by atoms with Crippen molar-refractivity contribution in [1.82, 2.24) is 0 Å². The monoisotopic (exact) mass is 245 g/mol. The molecule has 1 aromatic rings. The summed E-state index contributed by atoms with van der Waals surface area (Å²) in [6, 6.07) is 5.39. The smallest absolute Gasteiger partial charge is 0.328 e. The Morgan fingerprint density at radius 3 is 2.06 bits per heavy atom. The van der Waals surface area contributed by atoms with Crippen LogP contribution in [0.4, 0.5) is 13.2 Å². The molecule has 0 aromatic heterocycles. The molecule has 2 N–H and O–H groups in total. The maximum absolute atomic E-state index is 12.4. The molecule has 0 radical (unpaired) electrons. The Balaban J connectivity index is 2.75. The molecular weight excluding hydrogens is 227 g/mol. The maximum atomic E-state index is 12.4. The van der Waals surface area contributed by atoms with Crippen LogP contribution < -0.4 is 5.73 Å². The molecule has 0 saturated heterocycles. The molecule has 0 aliphatic rings. The molecule has 2 unspecified atom stereocenters. The van der Waals surface area contributed by atoms with Crippen molar-refractivity contribution in [3.63, 3.8) is 0 Å². The molecule has 2 atom stereocenters. The standard InChI is InChI=1S/C13H18F3N/c1-3-11(9(2)17)8-10-4-6-12(7-5-10)13(14,15)16/h4-7,9,11H,3,8,17H2,1-2H3. The topological polar surface area (TPSA) is 26.0 Å². The summed E-state index contributed by atoms with van der Waals surface area (Å²) < 4.78 is 37.1. The SMILES string of the molecule is CCC(Cc1ccc(C(F)(F)F)cc1)C(C)N. The van der Waals surface area contributed by atoms with Crippen molar-refractivity contribution in [3.05, 3.63) is 35.4 Å². The van der Waals surface area contributed by atoms with Crippen molar-refractivity contribution in [2.45, 2.75) is 38.9 Å². The number of benzene rings is 1. The van der Waals surface area contributed by atoms with Gasteiger partial charge in [-0.2, -0.15) is 13.2 Å². The van der Waals surface area contributed by atoms with Gasteiger partial charge in [-0.15, -0.1) is 0 Å². The molecule has 0 bridgehead atoms. The summed E-state index contributed by atoms with van der Waals surface area (Å²) in [7, 11) is 0. The highest BCUT2D eigenvalue weighted by Gasteiger charge is 2.30. The van der Waals surface area contributed by atoms with Gasteiger partial charge in [0.25, 0.3) is 0 Å². The van der Waals surface area contributed by atoms with Crippen molar-refractivity contribution in [2.75, 3.05) is 0 Å². The van der Waals surface area contributed by atoms with E-state index in [4.69, 9.17) is 5.73 Å². The molecule has 1 rings (SSSR count). The quantitative estimate of drug-likeness (QED) is 0.861. The van der Waals surface area contributed by atoms with E-state index in [1.807, 2.05) is 13.8 Å². The molecular formula is C13H18F3N. The van der Waals surface area contributed by atoms with Crippen LogP contribution in [0.5, 0.6) is 0 Å². The van der Waals surface area contributed by atoms with Gasteiger partial charge in [0.2, 0.25) is 0 Å². The Kier molecular flexibility index (Phi) is 4.57. The summed E-state index contributed by atoms with van der Waals surface area (Å²) in [6.45, 7) is 3.97. The van der Waals surface area contributed by atoms with Gasteiger partial charge in [-0.25, -0.2) is 0 Å². The zero-order chi connectivity index (χ0) is 13.1. The van der Waals surface area contributed by atoms with Crippen LogP contribution >= 0.6 is 0 Å². The van der Waals surface area contributed by atoms with Crippen LogP contribution in [0.2, 0.25) is 0 Å². The number of hydrogen-bond acceptors (Lipinski definition) is 1. The predicted molar refractivity (Wildman–Crippen MR) is 62.6 cm³/mol. The second-order valence-electron chi connectivity index (χ2n) is 4.43. The third kappa shape index (κ3) is 4.04. The summed E-state index contributed by atoms with van der Waals surface area (Å²) in [4.78, 5) is 0. The number of rotatable bonds is 4. The molecule has 0 saturated carbocycles. The van der Waals surface area contributed by atoms with Crippen LogP contribution in [-0.4, -0.2) is 6.04 Å². The Labute approximate surface area is 99.8 Å². The molecule has 0 amide bonds. The third-order valence-corrected chi connectivity index (χ3v) is 3.05. The van der Waals surface area contributed by atoms with Gasteiger partial charge in [0, 0.05) is 6.04 Å². The summed E-state index contributed by atoms with van der Waals surface area (Å²) in [6.07, 6.45) is -2.60. The van der Waals surface area contributed by atoms with Gasteiger partial charge in [-0.05, 0) is 37.0 Å². The van der Waals surface area contributed by atoms with E-state index < -0.39 is 11.7 Å². The van der Waals surface area contributed by atoms with Crippen molar-refractivity contribution < 1.29 is 13.2 Å². The predicted octanol–water partition coefficient (Wildman–Crippen LogP) is 3.62. The number of nitrogens with two attached hydrogens (primary N) is 1. The van der Waals surface area contributed by atoms with E-state index in [9.17, 15) is 13.2 Å². The van der Waals surface area contributed by atoms with Crippen molar-refractivity contribution >= 4 is 0 Å². The Morgan fingerprint density at radius 1 is 1.18 bits per heavy atom. The van der Waals surface area contributed by atoms with E-state index in [-0.39, 0.29) is 6.04 Å². The molecule has 4 heteroatoms. The van der Waals surface area contributed by atoms with Crippen LogP contribution in [0.1, 0.15) is 31.4 Å². The Morgan fingerprint density at radius 2 is 1.71 bits per heavy atom. The summed E-state index contributed by atoms with van der Waals surface area (Å²) in [5.41, 5.74) is 6.12. The average molecular weight is 245 g/mol. The van der Waals surface area contributed by atoms with Crippen LogP contribution in [0, 0.1) is 5.92 Å². The first-order valence-electron chi connectivity index (χ1n) is 5.76. The fraction of sp³-hybridized carbons (Fsp3) is 0.538. The van der Waals surface area contributed by atoms with E-state index in [0.29, 0.717) is 5.92 Å². The van der Waals surface area contributed by atoms with E-state index in [1.165, 1.54) is 12.1 Å². The molecule has 96 valence electrons. The normalized spacial score (nSPS) is 15.6. The van der Waals surface area contributed by atoms with E-state index in [1.54, 1.807) is 0 Å². The highest BCUT2D eigenvalue weighted by Crippen LogP contribution is 2.29. The lowest BCUT2D eigenvalue weighted by atomic mass is 9.91. The summed E-state index contributed by atoms with van der Waals surface area (Å²) >= 11 is 0. The first-order valence-corrected chi connectivity index (χ1v) is 5.76. The van der Waals surface area contributed by atoms with Crippen LogP contribution in [-0.2, 0) is 12.6 Å². The maximum Gasteiger partial charge on any atom is 0.416 e. The molecule has 1 nitrogen and oxygen atoms in total. The van der Waals surface area contributed by atoms with Crippen molar-refractivity contribution in [2.24, 2.45) is 11.7 Å². The van der Waals surface area contributed by atoms with Gasteiger partial charge in [0.15, 0.2) is 0 Å². The van der Waals surface area contributed by atoms with Crippen LogP contribution in [0.15, 0.2) is 24.3 Å². The lowest BCUT2D eigenvalue weighted by molar-refractivity contribution is -0.137. The number of hydrogen-bond donors (Lipinski definition) is 1. The first-order chi connectivity index (χ1) is 7.84. The molecule has 0 fully saturated rings. The molecule has 0 aliphatic carbocycles. The highest BCUT2D eigenvalue weighted by atomic mass is 19.4. The van der Waals surface area contributed by atoms with E-state index >= 15 is 0 Å². The molecule has 17 heavy (non-hydrogen) atoms. The largest absolute Gasteiger partial charge is 0.416 e. The Hall–Kier alpha value is -1.03. The lowest BCUT2D eigenvalue weighted by Gasteiger charge is -2.19. The second-order valence-corrected chi connectivity index (χ2v) is 4.43. The van der Waals surface area contributed by atoms with Crippen molar-refractivity contribution in [3.8, 4) is 0 Å². The fourth-order valence-electron chi connectivity index (χ4n) is 1.83. The van der Waals surface area contributed by atoms with E-state index in [0.717, 1.165) is 30.5 Å². The third-order valence-electron chi connectivity index (χ3n) is 3.05. The molecule has 0 heterocycles. The highest BCUT2D eigenvalue weighted by molar-refractivity contribution is 5.25. The van der Waals surface area contributed by atoms with E-state index in [2.05, 4.69) is 0 Å². The van der Waals surface area contributed by atoms with Gasteiger partial charge < -0.3 is 5.73 Å². The zero-order valence-electron chi connectivity index (χ0n) is 10.1. The number of alkyl halides is 3. The minimum atomic E-state index is -4.26. The van der Waals surface area contributed by atoms with Gasteiger partial charge in [-0.3, -0.25) is 0 Å². The van der Waals surface area contributed by atoms with Gasteiger partial charge in [0.1, 0.15) is 0 Å². The average Bonchev–Trinajstić information content (AvgIpc) is 2.25. The van der Waals surface area contributed by atoms with Crippen LogP contribution in [0.25, 0.3) is 0 Å².